The van der Waals surface area contributed by atoms with Gasteiger partial charge in [0.15, 0.2) is 0 Å². The molecule has 12 rings (SSSR count). The van der Waals surface area contributed by atoms with Gasteiger partial charge in [-0.2, -0.15) is 0 Å². The molecule has 0 unspecified atom stereocenters. The number of hydrogen-bond acceptors (Lipinski definition) is 1. The summed E-state index contributed by atoms with van der Waals surface area (Å²) in [4.78, 5) is 2.59. The molecule has 0 fully saturated rings. The van der Waals surface area contributed by atoms with Gasteiger partial charge in [-0.25, -0.2) is 0 Å². The molecule has 0 amide bonds. The zero-order valence-corrected chi connectivity index (χ0v) is 34.4. The summed E-state index contributed by atoms with van der Waals surface area (Å²) < 4.78 is 2.39. The van der Waals surface area contributed by atoms with Crippen LogP contribution in [0.2, 0.25) is 0 Å². The Kier molecular flexibility index (Phi) is 7.36. The van der Waals surface area contributed by atoms with Crippen molar-refractivity contribution in [2.75, 3.05) is 4.90 Å². The molecule has 2 heteroatoms. The SMILES string of the molecule is CC1(C)c2ccccc2-c2c(N(c3cccc4c3-c3ccccc3C4(C)C)c3ccc(-c4ccc(-n5c6ccccc6c6ccccc65)cc4)c4ccccc34)cccc21. The van der Waals surface area contributed by atoms with Crippen LogP contribution in [0.5, 0.6) is 0 Å². The third-order valence-electron chi connectivity index (χ3n) is 13.8. The number of anilines is 3. The van der Waals surface area contributed by atoms with E-state index < -0.39 is 0 Å². The molecule has 286 valence electrons. The molecule has 0 spiro atoms. The van der Waals surface area contributed by atoms with Crippen LogP contribution < -0.4 is 4.90 Å². The highest BCUT2D eigenvalue weighted by Crippen LogP contribution is 2.58. The largest absolute Gasteiger partial charge is 0.309 e. The first kappa shape index (κ1) is 34.8. The Morgan fingerprint density at radius 1 is 0.333 bits per heavy atom. The zero-order chi connectivity index (χ0) is 40.3. The van der Waals surface area contributed by atoms with Crippen molar-refractivity contribution in [2.45, 2.75) is 38.5 Å². The van der Waals surface area contributed by atoms with E-state index in [0.29, 0.717) is 0 Å². The molecule has 2 aliphatic carbocycles. The first-order valence-corrected chi connectivity index (χ1v) is 21.2. The number of aromatic nitrogens is 1. The summed E-state index contributed by atoms with van der Waals surface area (Å²) >= 11 is 0. The van der Waals surface area contributed by atoms with E-state index >= 15 is 0 Å². The van der Waals surface area contributed by atoms with Gasteiger partial charge in [-0.05, 0) is 92.4 Å². The Labute approximate surface area is 351 Å². The zero-order valence-electron chi connectivity index (χ0n) is 34.4. The predicted molar refractivity (Wildman–Crippen MR) is 254 cm³/mol. The number of nitrogens with zero attached hydrogens (tertiary/aromatic N) is 2. The summed E-state index contributed by atoms with van der Waals surface area (Å²) in [5.74, 6) is 0. The number of rotatable bonds is 5. The van der Waals surface area contributed by atoms with E-state index in [1.807, 2.05) is 0 Å². The van der Waals surface area contributed by atoms with Crippen molar-refractivity contribution in [3.05, 3.63) is 216 Å². The highest BCUT2D eigenvalue weighted by Gasteiger charge is 2.41. The molecule has 0 saturated heterocycles. The molecule has 0 saturated carbocycles. The van der Waals surface area contributed by atoms with Gasteiger partial charge >= 0.3 is 0 Å². The Balaban J connectivity index is 1.08. The van der Waals surface area contributed by atoms with Gasteiger partial charge in [0.1, 0.15) is 0 Å². The lowest BCUT2D eigenvalue weighted by Gasteiger charge is -2.32. The molecule has 10 aromatic rings. The van der Waals surface area contributed by atoms with E-state index in [-0.39, 0.29) is 10.8 Å². The van der Waals surface area contributed by atoms with Crippen LogP contribution in [0.4, 0.5) is 17.1 Å². The normalized spacial score (nSPS) is 14.3. The minimum absolute atomic E-state index is 0.127. The fourth-order valence-corrected chi connectivity index (χ4v) is 11.0. The monoisotopic (exact) mass is 768 g/mol. The van der Waals surface area contributed by atoms with Crippen LogP contribution in [-0.4, -0.2) is 4.57 Å². The molecular formula is C58H44N2. The molecule has 9 aromatic carbocycles. The van der Waals surface area contributed by atoms with Gasteiger partial charge in [-0.1, -0.05) is 179 Å². The van der Waals surface area contributed by atoms with Crippen molar-refractivity contribution < 1.29 is 0 Å². The fraction of sp³-hybridized carbons (Fsp3) is 0.103. The summed E-state index contributed by atoms with van der Waals surface area (Å²) in [7, 11) is 0. The van der Waals surface area contributed by atoms with Crippen LogP contribution in [0.25, 0.3) is 71.6 Å². The molecule has 0 aliphatic heterocycles. The quantitative estimate of drug-likeness (QED) is 0.169. The summed E-state index contributed by atoms with van der Waals surface area (Å²) in [6, 6.07) is 72.3. The van der Waals surface area contributed by atoms with E-state index in [0.717, 1.165) is 5.69 Å². The molecule has 0 N–H and O–H groups in total. The Bertz CT molecular complexity index is 3220. The van der Waals surface area contributed by atoms with Crippen molar-refractivity contribution in [3.8, 4) is 39.1 Å². The highest BCUT2D eigenvalue weighted by molar-refractivity contribution is 6.11. The van der Waals surface area contributed by atoms with Gasteiger partial charge in [0, 0.05) is 43.8 Å². The molecule has 2 nitrogen and oxygen atoms in total. The summed E-state index contributed by atoms with van der Waals surface area (Å²) in [6.07, 6.45) is 0. The smallest absolute Gasteiger partial charge is 0.0543 e. The number of fused-ring (bicyclic) bond motifs is 10. The van der Waals surface area contributed by atoms with E-state index in [1.165, 1.54) is 105 Å². The Morgan fingerprint density at radius 3 is 1.33 bits per heavy atom. The number of para-hydroxylation sites is 2. The van der Waals surface area contributed by atoms with Crippen molar-refractivity contribution in [2.24, 2.45) is 0 Å². The first-order chi connectivity index (χ1) is 29.3. The molecule has 0 radical (unpaired) electrons. The van der Waals surface area contributed by atoms with Gasteiger partial charge in [0.2, 0.25) is 0 Å². The molecule has 0 bridgehead atoms. The van der Waals surface area contributed by atoms with Crippen molar-refractivity contribution in [1.29, 1.82) is 0 Å². The van der Waals surface area contributed by atoms with E-state index in [2.05, 4.69) is 231 Å². The standard InChI is InChI=1S/C58H44N2/c1-57(2)46-23-11-7-21-44(46)55-48(57)25-15-29-53(55)60(54-30-16-26-49-56(54)45-22-8-12-24-47(45)58(49,3)4)52-36-35-39(40-17-5-6-18-41(40)52)37-31-33-38(34-32-37)59-50-27-13-9-19-42(50)43-20-10-14-28-51(43)59/h5-36H,1-4H3. The van der Waals surface area contributed by atoms with Crippen molar-refractivity contribution in [3.63, 3.8) is 0 Å². The fourth-order valence-electron chi connectivity index (χ4n) is 11.0. The summed E-state index contributed by atoms with van der Waals surface area (Å²) in [6.45, 7) is 9.51. The maximum Gasteiger partial charge on any atom is 0.0543 e. The lowest BCUT2D eigenvalue weighted by atomic mass is 9.82. The maximum atomic E-state index is 2.59. The number of benzene rings is 9. The average molecular weight is 769 g/mol. The minimum Gasteiger partial charge on any atom is -0.309 e. The van der Waals surface area contributed by atoms with E-state index in [9.17, 15) is 0 Å². The second kappa shape index (κ2) is 12.7. The van der Waals surface area contributed by atoms with Gasteiger partial charge in [0.05, 0.1) is 28.1 Å². The summed E-state index contributed by atoms with van der Waals surface area (Å²) in [5, 5.41) is 4.99. The van der Waals surface area contributed by atoms with Crippen LogP contribution in [0, 0.1) is 0 Å². The Hall–Kier alpha value is -7.16. The maximum absolute atomic E-state index is 2.59. The number of hydrogen-bond donors (Lipinski definition) is 0. The molecule has 2 aliphatic rings. The van der Waals surface area contributed by atoms with Crippen LogP contribution in [-0.2, 0) is 10.8 Å². The third kappa shape index (κ3) is 4.76. The van der Waals surface area contributed by atoms with Crippen molar-refractivity contribution in [1.82, 2.24) is 4.57 Å². The van der Waals surface area contributed by atoms with Gasteiger partial charge in [-0.15, -0.1) is 0 Å². The summed E-state index contributed by atoms with van der Waals surface area (Å²) in [5.41, 5.74) is 20.1. The highest BCUT2D eigenvalue weighted by atomic mass is 15.2. The van der Waals surface area contributed by atoms with Gasteiger partial charge < -0.3 is 9.47 Å². The first-order valence-electron chi connectivity index (χ1n) is 21.2. The van der Waals surface area contributed by atoms with E-state index in [1.54, 1.807) is 0 Å². The average Bonchev–Trinajstić information content (AvgIpc) is 3.84. The van der Waals surface area contributed by atoms with Gasteiger partial charge in [-0.3, -0.25) is 0 Å². The molecule has 1 heterocycles. The molecule has 60 heavy (non-hydrogen) atoms. The minimum atomic E-state index is -0.127. The lowest BCUT2D eigenvalue weighted by molar-refractivity contribution is 0.660. The molecular weight excluding hydrogens is 725 g/mol. The third-order valence-corrected chi connectivity index (χ3v) is 13.8. The molecule has 0 atom stereocenters. The topological polar surface area (TPSA) is 8.17 Å². The van der Waals surface area contributed by atoms with Crippen LogP contribution in [0.15, 0.2) is 194 Å². The van der Waals surface area contributed by atoms with Crippen LogP contribution in [0.3, 0.4) is 0 Å². The van der Waals surface area contributed by atoms with Gasteiger partial charge in [0.25, 0.3) is 0 Å². The van der Waals surface area contributed by atoms with Crippen molar-refractivity contribution >= 4 is 49.6 Å². The van der Waals surface area contributed by atoms with E-state index in [4.69, 9.17) is 0 Å². The van der Waals surface area contributed by atoms with Crippen LogP contribution in [0.1, 0.15) is 49.9 Å². The second-order valence-electron chi connectivity index (χ2n) is 17.7. The van der Waals surface area contributed by atoms with Crippen LogP contribution >= 0.6 is 0 Å². The lowest BCUT2D eigenvalue weighted by Crippen LogP contribution is -2.17. The second-order valence-corrected chi connectivity index (χ2v) is 17.7. The molecule has 1 aromatic heterocycles. The predicted octanol–water partition coefficient (Wildman–Crippen LogP) is 15.7. The Morgan fingerprint density at radius 2 is 0.783 bits per heavy atom.